The zero-order valence-corrected chi connectivity index (χ0v) is 13.1. The van der Waals surface area contributed by atoms with Gasteiger partial charge in [0.15, 0.2) is 0 Å². The van der Waals surface area contributed by atoms with E-state index in [4.69, 9.17) is 0 Å². The van der Waals surface area contributed by atoms with Gasteiger partial charge in [-0.15, -0.1) is 0 Å². The summed E-state index contributed by atoms with van der Waals surface area (Å²) in [4.78, 5) is 0. The molecule has 0 radical (unpaired) electrons. The maximum Gasteiger partial charge on any atom is -0.00178 e. The van der Waals surface area contributed by atoms with Crippen molar-refractivity contribution in [3.05, 3.63) is 34.4 Å². The highest BCUT2D eigenvalue weighted by Gasteiger charge is 2.30. The molecule has 106 valence electrons. The van der Waals surface area contributed by atoms with Gasteiger partial charge in [-0.05, 0) is 88.1 Å². The molecule has 0 heterocycles. The first-order valence-corrected chi connectivity index (χ1v) is 7.89. The first-order chi connectivity index (χ1) is 9.11. The molecule has 2 unspecified atom stereocenters. The van der Waals surface area contributed by atoms with Crippen LogP contribution < -0.4 is 5.32 Å². The van der Waals surface area contributed by atoms with E-state index in [1.54, 1.807) is 5.56 Å². The highest BCUT2D eigenvalue weighted by atomic mass is 14.9. The van der Waals surface area contributed by atoms with E-state index in [2.05, 4.69) is 45.1 Å². The van der Waals surface area contributed by atoms with Gasteiger partial charge in [0.1, 0.15) is 0 Å². The maximum absolute atomic E-state index is 3.59. The van der Waals surface area contributed by atoms with Gasteiger partial charge in [0.2, 0.25) is 0 Å². The average Bonchev–Trinajstić information content (AvgIpc) is 2.32. The third-order valence-electron chi connectivity index (χ3n) is 4.71. The molecule has 0 aromatic heterocycles. The molecular formula is C18H29N. The van der Waals surface area contributed by atoms with Crippen LogP contribution in [0.1, 0.15) is 48.4 Å². The third-order valence-corrected chi connectivity index (χ3v) is 4.71. The van der Waals surface area contributed by atoms with Crippen molar-refractivity contribution in [3.8, 4) is 0 Å². The summed E-state index contributed by atoms with van der Waals surface area (Å²) in [6.07, 6.45) is 5.38. The molecule has 1 aromatic rings. The zero-order chi connectivity index (χ0) is 13.8. The number of nitrogens with one attached hydrogen (secondary N) is 1. The Balaban J connectivity index is 1.94. The number of aryl methyl sites for hydroxylation is 3. The Hall–Kier alpha value is -0.820. The molecule has 1 saturated carbocycles. The highest BCUT2D eigenvalue weighted by molar-refractivity contribution is 5.37. The van der Waals surface area contributed by atoms with Gasteiger partial charge in [-0.25, -0.2) is 0 Å². The number of rotatable bonds is 6. The Labute approximate surface area is 118 Å². The van der Waals surface area contributed by atoms with Crippen LogP contribution in [-0.4, -0.2) is 13.1 Å². The van der Waals surface area contributed by atoms with Gasteiger partial charge in [-0.1, -0.05) is 24.6 Å². The predicted octanol–water partition coefficient (Wildman–Crippen LogP) is 4.18. The summed E-state index contributed by atoms with van der Waals surface area (Å²) in [6, 6.07) is 4.68. The first kappa shape index (κ1) is 14.6. The van der Waals surface area contributed by atoms with E-state index in [9.17, 15) is 0 Å². The van der Waals surface area contributed by atoms with E-state index < -0.39 is 0 Å². The molecule has 0 aliphatic heterocycles. The van der Waals surface area contributed by atoms with E-state index >= 15 is 0 Å². The van der Waals surface area contributed by atoms with Crippen LogP contribution in [0.3, 0.4) is 0 Å². The maximum atomic E-state index is 3.59. The summed E-state index contributed by atoms with van der Waals surface area (Å²) in [5.74, 6) is 1.82. The molecule has 0 bridgehead atoms. The molecule has 1 nitrogen and oxygen atoms in total. The molecule has 2 atom stereocenters. The largest absolute Gasteiger partial charge is 0.316 e. The van der Waals surface area contributed by atoms with Gasteiger partial charge in [0.05, 0.1) is 0 Å². The lowest BCUT2D eigenvalue weighted by atomic mass is 9.70. The minimum absolute atomic E-state index is 0.907. The second-order valence-corrected chi connectivity index (χ2v) is 6.38. The fraction of sp³-hybridized carbons (Fsp3) is 0.667. The van der Waals surface area contributed by atoms with Gasteiger partial charge >= 0.3 is 0 Å². The van der Waals surface area contributed by atoms with Crippen LogP contribution in [0.25, 0.3) is 0 Å². The van der Waals surface area contributed by atoms with Gasteiger partial charge in [-0.2, -0.15) is 0 Å². The van der Waals surface area contributed by atoms with Crippen molar-refractivity contribution >= 4 is 0 Å². The zero-order valence-electron chi connectivity index (χ0n) is 13.1. The van der Waals surface area contributed by atoms with E-state index in [0.717, 1.165) is 11.8 Å². The Morgan fingerprint density at radius 2 is 1.68 bits per heavy atom. The lowest BCUT2D eigenvalue weighted by Gasteiger charge is -2.37. The lowest BCUT2D eigenvalue weighted by molar-refractivity contribution is 0.171. The summed E-state index contributed by atoms with van der Waals surface area (Å²) in [6.45, 7) is 11.4. The number of hydrogen-bond acceptors (Lipinski definition) is 1. The minimum atomic E-state index is 0.907. The van der Waals surface area contributed by atoms with Crippen LogP contribution in [0.2, 0.25) is 0 Å². The standard InChI is InChI=1S/C18H29N/c1-5-8-19-12-17-7-6-16(17)11-18-14(3)9-13(2)10-15(18)4/h9-10,16-17,19H,5-8,11-12H2,1-4H3. The fourth-order valence-corrected chi connectivity index (χ4v) is 3.43. The molecule has 0 saturated heterocycles. The predicted molar refractivity (Wildman–Crippen MR) is 83.7 cm³/mol. The van der Waals surface area contributed by atoms with Crippen molar-refractivity contribution in [1.82, 2.24) is 5.32 Å². The summed E-state index contributed by atoms with van der Waals surface area (Å²) in [5, 5.41) is 3.59. The van der Waals surface area contributed by atoms with Gasteiger partial charge in [-0.3, -0.25) is 0 Å². The summed E-state index contributed by atoms with van der Waals surface area (Å²) in [5.41, 5.74) is 5.98. The van der Waals surface area contributed by atoms with Crippen molar-refractivity contribution in [2.24, 2.45) is 11.8 Å². The topological polar surface area (TPSA) is 12.0 Å². The molecule has 19 heavy (non-hydrogen) atoms. The molecule has 1 aromatic carbocycles. The van der Waals surface area contributed by atoms with Crippen molar-refractivity contribution in [2.45, 2.75) is 53.4 Å². The molecule has 1 N–H and O–H groups in total. The van der Waals surface area contributed by atoms with Crippen LogP contribution in [0, 0.1) is 32.6 Å². The molecular weight excluding hydrogens is 230 g/mol. The van der Waals surface area contributed by atoms with Crippen LogP contribution in [0.4, 0.5) is 0 Å². The van der Waals surface area contributed by atoms with Gasteiger partial charge in [0.25, 0.3) is 0 Å². The monoisotopic (exact) mass is 259 g/mol. The van der Waals surface area contributed by atoms with Crippen molar-refractivity contribution in [2.75, 3.05) is 13.1 Å². The highest BCUT2D eigenvalue weighted by Crippen LogP contribution is 2.37. The third kappa shape index (κ3) is 3.60. The summed E-state index contributed by atoms with van der Waals surface area (Å²) >= 11 is 0. The Morgan fingerprint density at radius 1 is 1.05 bits per heavy atom. The van der Waals surface area contributed by atoms with Crippen molar-refractivity contribution in [3.63, 3.8) is 0 Å². The van der Waals surface area contributed by atoms with E-state index in [1.807, 2.05) is 0 Å². The quantitative estimate of drug-likeness (QED) is 0.756. The molecule has 0 spiro atoms. The second kappa shape index (κ2) is 6.56. The number of hydrogen-bond donors (Lipinski definition) is 1. The van der Waals surface area contributed by atoms with Gasteiger partial charge < -0.3 is 5.32 Å². The average molecular weight is 259 g/mol. The van der Waals surface area contributed by atoms with Crippen molar-refractivity contribution < 1.29 is 0 Å². The minimum Gasteiger partial charge on any atom is -0.316 e. The Kier molecular flexibility index (Phi) is 5.04. The fourth-order valence-electron chi connectivity index (χ4n) is 3.43. The van der Waals surface area contributed by atoms with Crippen LogP contribution >= 0.6 is 0 Å². The number of benzene rings is 1. The SMILES string of the molecule is CCCNCC1CCC1Cc1c(C)cc(C)cc1C. The molecule has 2 rings (SSSR count). The van der Waals surface area contributed by atoms with Gasteiger partial charge in [0, 0.05) is 0 Å². The van der Waals surface area contributed by atoms with Crippen LogP contribution in [0.15, 0.2) is 12.1 Å². The summed E-state index contributed by atoms with van der Waals surface area (Å²) in [7, 11) is 0. The second-order valence-electron chi connectivity index (χ2n) is 6.38. The van der Waals surface area contributed by atoms with Crippen molar-refractivity contribution in [1.29, 1.82) is 0 Å². The van der Waals surface area contributed by atoms with E-state index in [1.165, 1.54) is 55.5 Å². The molecule has 1 aliphatic carbocycles. The first-order valence-electron chi connectivity index (χ1n) is 7.89. The van der Waals surface area contributed by atoms with Crippen LogP contribution in [0.5, 0.6) is 0 Å². The van der Waals surface area contributed by atoms with Crippen LogP contribution in [-0.2, 0) is 6.42 Å². The van der Waals surface area contributed by atoms with E-state index in [-0.39, 0.29) is 0 Å². The molecule has 1 fully saturated rings. The molecule has 0 amide bonds. The Morgan fingerprint density at radius 3 is 2.21 bits per heavy atom. The smallest absolute Gasteiger partial charge is 0.00178 e. The lowest BCUT2D eigenvalue weighted by Crippen LogP contribution is -2.36. The normalized spacial score (nSPS) is 22.3. The molecule has 1 heteroatoms. The van der Waals surface area contributed by atoms with E-state index in [0.29, 0.717) is 0 Å². The Bertz CT molecular complexity index is 399. The molecule has 1 aliphatic rings. The summed E-state index contributed by atoms with van der Waals surface area (Å²) < 4.78 is 0.